The molecule has 1 aliphatic rings. The average molecular weight is 373 g/mol. The minimum atomic E-state index is -0.135. The van der Waals surface area contributed by atoms with Crippen molar-refractivity contribution in [3.63, 3.8) is 0 Å². The Kier molecular flexibility index (Phi) is 4.19. The molecule has 0 atom stereocenters. The van der Waals surface area contributed by atoms with Crippen LogP contribution in [0.2, 0.25) is 10.0 Å². The van der Waals surface area contributed by atoms with Crippen LogP contribution in [-0.2, 0) is 13.1 Å². The molecule has 0 saturated heterocycles. The molecule has 2 aromatic heterocycles. The third-order valence-electron chi connectivity index (χ3n) is 4.29. The van der Waals surface area contributed by atoms with Crippen LogP contribution in [0, 0.1) is 0 Å². The lowest BCUT2D eigenvalue weighted by molar-refractivity contribution is 0.0708. The number of hydrogen-bond acceptors (Lipinski definition) is 3. The molecule has 0 unspecified atom stereocenters. The Morgan fingerprint density at radius 3 is 2.76 bits per heavy atom. The van der Waals surface area contributed by atoms with Gasteiger partial charge in [0.15, 0.2) is 0 Å². The van der Waals surface area contributed by atoms with Crippen LogP contribution >= 0.6 is 23.2 Å². The smallest absolute Gasteiger partial charge is 0.255 e. The number of rotatable bonds is 2. The van der Waals surface area contributed by atoms with Crippen molar-refractivity contribution in [1.82, 2.24) is 19.4 Å². The van der Waals surface area contributed by atoms with Gasteiger partial charge in [0.1, 0.15) is 5.82 Å². The first-order valence-corrected chi connectivity index (χ1v) is 8.59. The van der Waals surface area contributed by atoms with E-state index in [1.807, 2.05) is 24.5 Å². The molecule has 0 bridgehead atoms. The van der Waals surface area contributed by atoms with Crippen LogP contribution in [0.1, 0.15) is 16.2 Å². The van der Waals surface area contributed by atoms with E-state index in [0.717, 1.165) is 17.1 Å². The van der Waals surface area contributed by atoms with Gasteiger partial charge in [-0.15, -0.1) is 0 Å². The van der Waals surface area contributed by atoms with Gasteiger partial charge in [-0.2, -0.15) is 0 Å². The van der Waals surface area contributed by atoms with E-state index in [1.165, 1.54) is 0 Å². The lowest BCUT2D eigenvalue weighted by Crippen LogP contribution is -2.38. The third-order valence-corrected chi connectivity index (χ3v) is 5.11. The van der Waals surface area contributed by atoms with Gasteiger partial charge < -0.3 is 9.47 Å². The fourth-order valence-corrected chi connectivity index (χ4v) is 3.40. The molecule has 3 heterocycles. The van der Waals surface area contributed by atoms with E-state index in [1.54, 1.807) is 29.3 Å². The highest BCUT2D eigenvalue weighted by atomic mass is 35.5. The molecule has 3 aromatic rings. The van der Waals surface area contributed by atoms with Gasteiger partial charge in [0.05, 0.1) is 34.0 Å². The van der Waals surface area contributed by atoms with Crippen LogP contribution in [0.4, 0.5) is 0 Å². The number of halogens is 2. The zero-order valence-corrected chi connectivity index (χ0v) is 14.7. The summed E-state index contributed by atoms with van der Waals surface area (Å²) in [5.41, 5.74) is 2.44. The Morgan fingerprint density at radius 2 is 1.96 bits per heavy atom. The first kappa shape index (κ1) is 16.1. The van der Waals surface area contributed by atoms with E-state index >= 15 is 0 Å². The summed E-state index contributed by atoms with van der Waals surface area (Å²) < 4.78 is 2.13. The second kappa shape index (κ2) is 6.50. The first-order valence-electron chi connectivity index (χ1n) is 7.83. The molecular weight excluding hydrogens is 359 g/mol. The molecule has 0 aliphatic carbocycles. The SMILES string of the molecule is O=C(c1cccc(Cl)c1Cl)N1CCn2c(-c3cccnc3)cnc2C1. The van der Waals surface area contributed by atoms with Crippen LogP contribution in [0.15, 0.2) is 48.9 Å². The zero-order valence-electron chi connectivity index (χ0n) is 13.2. The van der Waals surface area contributed by atoms with Gasteiger partial charge in [-0.3, -0.25) is 9.78 Å². The lowest BCUT2D eigenvalue weighted by atomic mass is 10.1. The Morgan fingerprint density at radius 1 is 1.08 bits per heavy atom. The summed E-state index contributed by atoms with van der Waals surface area (Å²) in [6.45, 7) is 1.68. The maximum absolute atomic E-state index is 12.8. The fraction of sp³-hybridized carbons (Fsp3) is 0.167. The molecule has 0 fully saturated rings. The Labute approximate surface area is 154 Å². The summed E-state index contributed by atoms with van der Waals surface area (Å²) in [4.78, 5) is 23.2. The molecule has 126 valence electrons. The van der Waals surface area contributed by atoms with Gasteiger partial charge in [0.25, 0.3) is 5.91 Å². The maximum atomic E-state index is 12.8. The predicted molar refractivity (Wildman–Crippen MR) is 96.7 cm³/mol. The normalized spacial score (nSPS) is 13.6. The van der Waals surface area contributed by atoms with Gasteiger partial charge in [-0.05, 0) is 24.3 Å². The van der Waals surface area contributed by atoms with E-state index < -0.39 is 0 Å². The third kappa shape index (κ3) is 2.90. The predicted octanol–water partition coefficient (Wildman–Crippen LogP) is 3.91. The summed E-state index contributed by atoms with van der Waals surface area (Å²) >= 11 is 12.2. The first-order chi connectivity index (χ1) is 12.1. The number of carbonyl (C=O) groups excluding carboxylic acids is 1. The monoisotopic (exact) mass is 372 g/mol. The van der Waals surface area contributed by atoms with E-state index in [0.29, 0.717) is 35.2 Å². The van der Waals surface area contributed by atoms with Crippen LogP contribution in [-0.4, -0.2) is 31.9 Å². The molecule has 0 spiro atoms. The van der Waals surface area contributed by atoms with Crippen LogP contribution in [0.5, 0.6) is 0 Å². The Bertz CT molecular complexity index is 940. The van der Waals surface area contributed by atoms with Crippen LogP contribution < -0.4 is 0 Å². The molecule has 4 rings (SSSR count). The van der Waals surface area contributed by atoms with Crippen molar-refractivity contribution >= 4 is 29.1 Å². The van der Waals surface area contributed by atoms with Crippen LogP contribution in [0.3, 0.4) is 0 Å². The summed E-state index contributed by atoms with van der Waals surface area (Å²) in [7, 11) is 0. The number of carbonyl (C=O) groups is 1. The molecule has 25 heavy (non-hydrogen) atoms. The van der Waals surface area contributed by atoms with Crippen molar-refractivity contribution in [3.05, 3.63) is 70.4 Å². The molecule has 1 aliphatic heterocycles. The van der Waals surface area contributed by atoms with Crippen molar-refractivity contribution in [2.75, 3.05) is 6.54 Å². The standard InChI is InChI=1S/C18H14Cl2N4O/c19-14-5-1-4-13(17(14)20)18(25)23-7-8-24-15(10-22-16(24)11-23)12-3-2-6-21-9-12/h1-6,9-10H,7-8,11H2. The van der Waals surface area contributed by atoms with E-state index in [2.05, 4.69) is 14.5 Å². The molecular formula is C18H14Cl2N4O. The molecule has 1 aromatic carbocycles. The number of amides is 1. The number of pyridine rings is 1. The highest BCUT2D eigenvalue weighted by Crippen LogP contribution is 2.28. The van der Waals surface area contributed by atoms with Gasteiger partial charge >= 0.3 is 0 Å². The number of aromatic nitrogens is 3. The largest absolute Gasteiger partial charge is 0.329 e. The van der Waals surface area contributed by atoms with E-state index in [-0.39, 0.29) is 5.91 Å². The fourth-order valence-electron chi connectivity index (χ4n) is 3.02. The number of fused-ring (bicyclic) bond motifs is 1. The minimum Gasteiger partial charge on any atom is -0.329 e. The van der Waals surface area contributed by atoms with Crippen molar-refractivity contribution in [2.45, 2.75) is 13.1 Å². The summed E-state index contributed by atoms with van der Waals surface area (Å²) in [5.74, 6) is 0.710. The van der Waals surface area contributed by atoms with E-state index in [9.17, 15) is 4.79 Å². The second-order valence-corrected chi connectivity index (χ2v) is 6.57. The zero-order chi connectivity index (χ0) is 17.4. The molecule has 7 heteroatoms. The number of hydrogen-bond donors (Lipinski definition) is 0. The number of imidazole rings is 1. The van der Waals surface area contributed by atoms with Gasteiger partial charge in [0.2, 0.25) is 0 Å². The Balaban J connectivity index is 1.61. The van der Waals surface area contributed by atoms with Crippen molar-refractivity contribution in [1.29, 1.82) is 0 Å². The molecule has 0 N–H and O–H groups in total. The van der Waals surface area contributed by atoms with Crippen molar-refractivity contribution in [2.24, 2.45) is 0 Å². The van der Waals surface area contributed by atoms with Gasteiger partial charge in [-0.25, -0.2) is 4.98 Å². The number of benzene rings is 1. The maximum Gasteiger partial charge on any atom is 0.255 e. The van der Waals surface area contributed by atoms with E-state index in [4.69, 9.17) is 23.2 Å². The highest BCUT2D eigenvalue weighted by molar-refractivity contribution is 6.43. The highest BCUT2D eigenvalue weighted by Gasteiger charge is 2.26. The number of nitrogens with zero attached hydrogens (tertiary/aromatic N) is 4. The summed E-state index contributed by atoms with van der Waals surface area (Å²) in [6.07, 6.45) is 5.38. The topological polar surface area (TPSA) is 51.0 Å². The lowest BCUT2D eigenvalue weighted by Gasteiger charge is -2.29. The molecule has 0 radical (unpaired) electrons. The van der Waals surface area contributed by atoms with Crippen molar-refractivity contribution < 1.29 is 4.79 Å². The summed E-state index contributed by atoms with van der Waals surface area (Å²) in [5, 5.41) is 0.670. The minimum absolute atomic E-state index is 0.135. The molecule has 5 nitrogen and oxygen atoms in total. The van der Waals surface area contributed by atoms with Gasteiger partial charge in [-0.1, -0.05) is 29.3 Å². The van der Waals surface area contributed by atoms with Crippen molar-refractivity contribution in [3.8, 4) is 11.3 Å². The molecule has 0 saturated carbocycles. The summed E-state index contributed by atoms with van der Waals surface area (Å²) in [6, 6.07) is 8.99. The molecule has 1 amide bonds. The van der Waals surface area contributed by atoms with Crippen LogP contribution in [0.25, 0.3) is 11.3 Å². The van der Waals surface area contributed by atoms with Gasteiger partial charge in [0, 0.05) is 31.0 Å². The quantitative estimate of drug-likeness (QED) is 0.685. The Hall–Kier alpha value is -2.37. The second-order valence-electron chi connectivity index (χ2n) is 5.78. The average Bonchev–Trinajstić information content (AvgIpc) is 3.07.